The number of benzene rings is 3. The van der Waals surface area contributed by atoms with E-state index in [9.17, 15) is 25.2 Å². The molecule has 0 fully saturated rings. The maximum absolute atomic E-state index is 12.3. The molecule has 47 heavy (non-hydrogen) atoms. The van der Waals surface area contributed by atoms with E-state index in [0.717, 1.165) is 42.4 Å². The standard InChI is InChI=1S/C42H60O5/c1-3-4-5-6-7-8-9-10-11-12-13-14-15-25-32-37(33(2)41(46)47)38(43)39(44)40(45)42(34-26-19-16-20-27-34,35-28-21-17-22-29-35)36-30-23-18-24-31-36/h16-24,26-31,33,37-40,43-45H,3-15,25,32H2,1-2H3,(H,46,47)/t33-,37-,38-,39-,40+/m1/s1. The number of hydrogen-bond acceptors (Lipinski definition) is 4. The van der Waals surface area contributed by atoms with E-state index in [1.165, 1.54) is 64.2 Å². The fourth-order valence-electron chi connectivity index (χ4n) is 7.29. The monoisotopic (exact) mass is 644 g/mol. The van der Waals surface area contributed by atoms with Crippen LogP contribution in [0.1, 0.15) is 127 Å². The molecule has 4 N–H and O–H groups in total. The summed E-state index contributed by atoms with van der Waals surface area (Å²) in [5.41, 5.74) is 1.10. The van der Waals surface area contributed by atoms with Gasteiger partial charge in [-0.25, -0.2) is 0 Å². The van der Waals surface area contributed by atoms with Crippen molar-refractivity contribution in [2.45, 2.75) is 134 Å². The average molecular weight is 645 g/mol. The van der Waals surface area contributed by atoms with Gasteiger partial charge >= 0.3 is 5.97 Å². The van der Waals surface area contributed by atoms with Crippen molar-refractivity contribution >= 4 is 5.97 Å². The summed E-state index contributed by atoms with van der Waals surface area (Å²) in [5, 5.41) is 45.8. The van der Waals surface area contributed by atoms with Crippen LogP contribution in [-0.2, 0) is 10.2 Å². The highest BCUT2D eigenvalue weighted by atomic mass is 16.4. The van der Waals surface area contributed by atoms with Crippen molar-refractivity contribution in [3.63, 3.8) is 0 Å². The van der Waals surface area contributed by atoms with Gasteiger partial charge in [-0.3, -0.25) is 4.79 Å². The zero-order valence-electron chi connectivity index (χ0n) is 28.9. The summed E-state index contributed by atoms with van der Waals surface area (Å²) < 4.78 is 0. The van der Waals surface area contributed by atoms with Gasteiger partial charge in [0.2, 0.25) is 0 Å². The average Bonchev–Trinajstić information content (AvgIpc) is 3.11. The van der Waals surface area contributed by atoms with Crippen molar-refractivity contribution in [1.29, 1.82) is 0 Å². The summed E-state index contributed by atoms with van der Waals surface area (Å²) >= 11 is 0. The zero-order valence-corrected chi connectivity index (χ0v) is 28.9. The second-order valence-corrected chi connectivity index (χ2v) is 13.5. The Morgan fingerprint density at radius 2 is 0.894 bits per heavy atom. The topological polar surface area (TPSA) is 98.0 Å². The largest absolute Gasteiger partial charge is 0.481 e. The third kappa shape index (κ3) is 11.0. The van der Waals surface area contributed by atoms with E-state index >= 15 is 0 Å². The molecule has 0 aliphatic carbocycles. The number of unbranched alkanes of at least 4 members (excludes halogenated alkanes) is 13. The van der Waals surface area contributed by atoms with Gasteiger partial charge in [0.05, 0.1) is 17.4 Å². The van der Waals surface area contributed by atoms with Gasteiger partial charge in [-0.1, -0.05) is 195 Å². The predicted molar refractivity (Wildman–Crippen MR) is 192 cm³/mol. The Balaban J connectivity index is 1.67. The van der Waals surface area contributed by atoms with E-state index in [4.69, 9.17) is 0 Å². The van der Waals surface area contributed by atoms with Crippen molar-refractivity contribution in [2.24, 2.45) is 11.8 Å². The van der Waals surface area contributed by atoms with Gasteiger partial charge in [-0.05, 0) is 23.1 Å². The molecule has 0 aliphatic rings. The molecule has 5 heteroatoms. The molecule has 0 amide bonds. The quantitative estimate of drug-likeness (QED) is 0.0576. The Labute approximate surface area is 284 Å². The first-order valence-corrected chi connectivity index (χ1v) is 18.3. The van der Waals surface area contributed by atoms with Crippen LogP contribution < -0.4 is 0 Å². The van der Waals surface area contributed by atoms with Crippen LogP contribution in [0.4, 0.5) is 0 Å². The number of carbonyl (C=O) groups is 1. The lowest BCUT2D eigenvalue weighted by Crippen LogP contribution is -2.54. The highest BCUT2D eigenvalue weighted by Crippen LogP contribution is 2.44. The lowest BCUT2D eigenvalue weighted by Gasteiger charge is -2.44. The molecule has 258 valence electrons. The highest BCUT2D eigenvalue weighted by Gasteiger charge is 2.49. The number of aliphatic hydroxyl groups excluding tert-OH is 3. The van der Waals surface area contributed by atoms with Gasteiger partial charge in [-0.2, -0.15) is 0 Å². The van der Waals surface area contributed by atoms with Crippen LogP contribution in [0, 0.1) is 11.8 Å². The zero-order chi connectivity index (χ0) is 33.9. The van der Waals surface area contributed by atoms with Gasteiger partial charge < -0.3 is 20.4 Å². The Bertz CT molecular complexity index is 1130. The molecular formula is C42H60O5. The number of rotatable bonds is 24. The van der Waals surface area contributed by atoms with E-state index in [2.05, 4.69) is 6.92 Å². The minimum Gasteiger partial charge on any atom is -0.481 e. The molecule has 0 aromatic heterocycles. The molecule has 0 heterocycles. The molecule has 0 saturated heterocycles. The molecule has 0 aliphatic heterocycles. The van der Waals surface area contributed by atoms with Crippen molar-refractivity contribution in [3.8, 4) is 0 Å². The van der Waals surface area contributed by atoms with E-state index in [0.29, 0.717) is 6.42 Å². The smallest absolute Gasteiger partial charge is 0.306 e. The Morgan fingerprint density at radius 1 is 0.553 bits per heavy atom. The normalized spacial score (nSPS) is 15.1. The van der Waals surface area contributed by atoms with Crippen LogP contribution in [0.2, 0.25) is 0 Å². The van der Waals surface area contributed by atoms with Gasteiger partial charge in [-0.15, -0.1) is 0 Å². The van der Waals surface area contributed by atoms with Crippen LogP contribution in [0.5, 0.6) is 0 Å². The molecular weight excluding hydrogens is 584 g/mol. The van der Waals surface area contributed by atoms with Crippen molar-refractivity contribution in [3.05, 3.63) is 108 Å². The molecule has 5 nitrogen and oxygen atoms in total. The van der Waals surface area contributed by atoms with E-state index in [1.807, 2.05) is 91.0 Å². The van der Waals surface area contributed by atoms with E-state index < -0.39 is 41.5 Å². The number of carboxylic acid groups (broad SMARTS) is 1. The summed E-state index contributed by atoms with van der Waals surface area (Å²) in [6.45, 7) is 3.85. The molecule has 5 atom stereocenters. The maximum Gasteiger partial charge on any atom is 0.306 e. The lowest BCUT2D eigenvalue weighted by molar-refractivity contribution is -0.149. The molecule has 0 radical (unpaired) electrons. The van der Waals surface area contributed by atoms with Crippen molar-refractivity contribution in [1.82, 2.24) is 0 Å². The second-order valence-electron chi connectivity index (χ2n) is 13.5. The van der Waals surface area contributed by atoms with Gasteiger partial charge in [0, 0.05) is 5.92 Å². The van der Waals surface area contributed by atoms with Gasteiger partial charge in [0.25, 0.3) is 0 Å². The van der Waals surface area contributed by atoms with Crippen LogP contribution in [-0.4, -0.2) is 44.7 Å². The van der Waals surface area contributed by atoms with Crippen molar-refractivity contribution in [2.75, 3.05) is 0 Å². The Kier molecular flexibility index (Phi) is 17.2. The van der Waals surface area contributed by atoms with Gasteiger partial charge in [0.1, 0.15) is 12.2 Å². The molecule has 3 aromatic rings. The van der Waals surface area contributed by atoms with E-state index in [1.54, 1.807) is 6.92 Å². The first-order chi connectivity index (χ1) is 22.9. The fourth-order valence-corrected chi connectivity index (χ4v) is 7.29. The Hall–Kier alpha value is -2.99. The van der Waals surface area contributed by atoms with Crippen molar-refractivity contribution < 1.29 is 25.2 Å². The van der Waals surface area contributed by atoms with Crippen LogP contribution in [0.15, 0.2) is 91.0 Å². The highest BCUT2D eigenvalue weighted by molar-refractivity contribution is 5.70. The second kappa shape index (κ2) is 21.1. The molecule has 3 rings (SSSR count). The molecule has 0 spiro atoms. The lowest BCUT2D eigenvalue weighted by atomic mass is 9.63. The fraction of sp³-hybridized carbons (Fsp3) is 0.548. The summed E-state index contributed by atoms with van der Waals surface area (Å²) in [6, 6.07) is 28.7. The SMILES string of the molecule is CCCCCCCCCCCCCCCC[C@@H]([C@@H](O)[C@@H](O)[C@H](O)C(c1ccccc1)(c1ccccc1)c1ccccc1)[C@@H](C)C(=O)O. The predicted octanol–water partition coefficient (Wildman–Crippen LogP) is 9.31. The summed E-state index contributed by atoms with van der Waals surface area (Å²) in [4.78, 5) is 12.2. The first-order valence-electron chi connectivity index (χ1n) is 18.3. The molecule has 0 bridgehead atoms. The summed E-state index contributed by atoms with van der Waals surface area (Å²) in [5.74, 6) is -2.61. The number of hydrogen-bond donors (Lipinski definition) is 4. The van der Waals surface area contributed by atoms with Gasteiger partial charge in [0.15, 0.2) is 0 Å². The molecule has 0 saturated carbocycles. The van der Waals surface area contributed by atoms with Crippen LogP contribution >= 0.6 is 0 Å². The molecule has 0 unspecified atom stereocenters. The van der Waals surface area contributed by atoms with E-state index in [-0.39, 0.29) is 0 Å². The first kappa shape index (κ1) is 38.5. The minimum absolute atomic E-state index is 0.464. The number of aliphatic hydroxyl groups is 3. The third-order valence-electron chi connectivity index (χ3n) is 10.2. The van der Waals surface area contributed by atoms with Crippen LogP contribution in [0.25, 0.3) is 0 Å². The minimum atomic E-state index is -1.60. The Morgan fingerprint density at radius 3 is 1.23 bits per heavy atom. The summed E-state index contributed by atoms with van der Waals surface area (Å²) in [7, 11) is 0. The number of aliphatic carboxylic acids is 1. The molecule has 3 aromatic carbocycles. The number of carboxylic acids is 1. The summed E-state index contributed by atoms with van der Waals surface area (Å²) in [6.07, 6.45) is 13.1. The maximum atomic E-state index is 12.3. The third-order valence-corrected chi connectivity index (χ3v) is 10.2. The van der Waals surface area contributed by atoms with Crippen LogP contribution in [0.3, 0.4) is 0 Å².